The highest BCUT2D eigenvalue weighted by molar-refractivity contribution is 7.21. The molecule has 0 spiro atoms. The molecule has 138 valence electrons. The third kappa shape index (κ3) is 3.38. The van der Waals surface area contributed by atoms with Crippen LogP contribution in [0.4, 0.5) is 11.4 Å². The van der Waals surface area contributed by atoms with Crippen LogP contribution in [0.5, 0.6) is 11.5 Å². The maximum Gasteiger partial charge on any atom is 0.318 e. The number of thiazole rings is 1. The van der Waals surface area contributed by atoms with E-state index in [0.717, 1.165) is 26.9 Å². The van der Waals surface area contributed by atoms with E-state index in [0.29, 0.717) is 5.75 Å². The molecule has 4 rings (SSSR count). The molecule has 0 fully saturated rings. The highest BCUT2D eigenvalue weighted by Gasteiger charge is 2.21. The molecule has 0 unspecified atom stereocenters. The Hall–Kier alpha value is -3.85. The molecule has 0 bridgehead atoms. The van der Waals surface area contributed by atoms with Crippen molar-refractivity contribution in [1.82, 2.24) is 4.98 Å². The van der Waals surface area contributed by atoms with Gasteiger partial charge in [0.1, 0.15) is 10.8 Å². The van der Waals surface area contributed by atoms with E-state index in [9.17, 15) is 20.2 Å². The summed E-state index contributed by atoms with van der Waals surface area (Å²) in [6.45, 7) is 0. The molecule has 0 N–H and O–H groups in total. The first-order valence-corrected chi connectivity index (χ1v) is 8.89. The normalized spacial score (nSPS) is 10.7. The van der Waals surface area contributed by atoms with E-state index in [-0.39, 0.29) is 11.4 Å². The summed E-state index contributed by atoms with van der Waals surface area (Å²) in [5.74, 6) is 0.297. The minimum Gasteiger partial charge on any atom is -0.450 e. The van der Waals surface area contributed by atoms with E-state index in [1.165, 1.54) is 23.5 Å². The average Bonchev–Trinajstić information content (AvgIpc) is 3.12. The number of non-ortho nitro benzene ring substituents is 1. The SMILES string of the molecule is O=[N+]([O-])c1ccc(Oc2cccc(-c3nc4ccccc4s3)c2)c([N+](=O)[O-])c1. The summed E-state index contributed by atoms with van der Waals surface area (Å²) >= 11 is 1.53. The molecule has 1 aromatic heterocycles. The molecule has 0 aliphatic carbocycles. The maximum atomic E-state index is 11.3. The number of nitrogens with zero attached hydrogens (tertiary/aromatic N) is 3. The van der Waals surface area contributed by atoms with Gasteiger partial charge >= 0.3 is 5.69 Å². The van der Waals surface area contributed by atoms with Crippen LogP contribution < -0.4 is 4.74 Å². The quantitative estimate of drug-likeness (QED) is 0.324. The van der Waals surface area contributed by atoms with Crippen molar-refractivity contribution in [3.63, 3.8) is 0 Å². The Morgan fingerprint density at radius 1 is 0.893 bits per heavy atom. The molecule has 0 amide bonds. The van der Waals surface area contributed by atoms with Crippen molar-refractivity contribution >= 4 is 32.9 Å². The van der Waals surface area contributed by atoms with Gasteiger partial charge in [-0.05, 0) is 30.3 Å². The standard InChI is InChI=1S/C19H11N3O5S/c23-21(24)13-8-9-17(16(11-13)22(25)26)27-14-5-3-4-12(10-14)19-20-15-6-1-2-7-18(15)28-19/h1-11H. The van der Waals surface area contributed by atoms with Gasteiger partial charge in [-0.15, -0.1) is 11.3 Å². The van der Waals surface area contributed by atoms with Gasteiger partial charge in [0.2, 0.25) is 5.75 Å². The first kappa shape index (κ1) is 17.6. The molecule has 4 aromatic rings. The van der Waals surface area contributed by atoms with Crippen LogP contribution in [-0.2, 0) is 0 Å². The van der Waals surface area contributed by atoms with Crippen LogP contribution in [0, 0.1) is 20.2 Å². The van der Waals surface area contributed by atoms with Gasteiger partial charge in [-0.3, -0.25) is 20.2 Å². The molecule has 0 aliphatic heterocycles. The van der Waals surface area contributed by atoms with Gasteiger partial charge in [0, 0.05) is 11.6 Å². The lowest BCUT2D eigenvalue weighted by atomic mass is 10.2. The Balaban J connectivity index is 1.69. The van der Waals surface area contributed by atoms with E-state index < -0.39 is 15.5 Å². The van der Waals surface area contributed by atoms with Gasteiger partial charge in [-0.1, -0.05) is 24.3 Å². The topological polar surface area (TPSA) is 108 Å². The highest BCUT2D eigenvalue weighted by atomic mass is 32.1. The monoisotopic (exact) mass is 393 g/mol. The molecule has 28 heavy (non-hydrogen) atoms. The number of aromatic nitrogens is 1. The van der Waals surface area contributed by atoms with Crippen LogP contribution >= 0.6 is 11.3 Å². The van der Waals surface area contributed by atoms with Crippen molar-refractivity contribution in [2.75, 3.05) is 0 Å². The first-order chi connectivity index (χ1) is 13.5. The predicted molar refractivity (Wildman–Crippen MR) is 105 cm³/mol. The zero-order valence-electron chi connectivity index (χ0n) is 14.1. The van der Waals surface area contributed by atoms with Crippen LogP contribution in [0.2, 0.25) is 0 Å². The fraction of sp³-hybridized carbons (Fsp3) is 0. The number of hydrogen-bond donors (Lipinski definition) is 0. The van der Waals surface area contributed by atoms with Crippen molar-refractivity contribution in [2.24, 2.45) is 0 Å². The predicted octanol–water partition coefficient (Wildman–Crippen LogP) is 5.57. The molecule has 0 saturated heterocycles. The summed E-state index contributed by atoms with van der Waals surface area (Å²) in [4.78, 5) is 25.3. The van der Waals surface area contributed by atoms with Gasteiger partial charge in [0.25, 0.3) is 5.69 Å². The Morgan fingerprint density at radius 2 is 1.71 bits per heavy atom. The molecular formula is C19H11N3O5S. The minimum atomic E-state index is -0.709. The van der Waals surface area contributed by atoms with Crippen molar-refractivity contribution < 1.29 is 14.6 Å². The van der Waals surface area contributed by atoms with Crippen molar-refractivity contribution in [1.29, 1.82) is 0 Å². The Morgan fingerprint density at radius 3 is 2.46 bits per heavy atom. The molecule has 0 saturated carbocycles. The number of nitro groups is 2. The summed E-state index contributed by atoms with van der Waals surface area (Å²) in [6, 6.07) is 18.0. The summed E-state index contributed by atoms with van der Waals surface area (Å²) in [6.07, 6.45) is 0. The molecular weight excluding hydrogens is 382 g/mol. The lowest BCUT2D eigenvalue weighted by Crippen LogP contribution is -1.96. The van der Waals surface area contributed by atoms with Crippen LogP contribution in [-0.4, -0.2) is 14.8 Å². The van der Waals surface area contributed by atoms with Gasteiger partial charge in [0.15, 0.2) is 0 Å². The number of rotatable bonds is 5. The van der Waals surface area contributed by atoms with E-state index in [1.54, 1.807) is 18.2 Å². The van der Waals surface area contributed by atoms with Gasteiger partial charge in [-0.2, -0.15) is 0 Å². The van der Waals surface area contributed by atoms with Crippen LogP contribution in [0.1, 0.15) is 0 Å². The molecule has 8 nitrogen and oxygen atoms in total. The van der Waals surface area contributed by atoms with E-state index in [2.05, 4.69) is 4.98 Å². The Bertz CT molecular complexity index is 1190. The molecule has 0 aliphatic rings. The van der Waals surface area contributed by atoms with Crippen LogP contribution in [0.25, 0.3) is 20.8 Å². The average molecular weight is 393 g/mol. The molecule has 3 aromatic carbocycles. The largest absolute Gasteiger partial charge is 0.450 e. The van der Waals surface area contributed by atoms with E-state index >= 15 is 0 Å². The zero-order valence-corrected chi connectivity index (χ0v) is 15.0. The summed E-state index contributed by atoms with van der Waals surface area (Å²) < 4.78 is 6.71. The Labute approximate surface area is 162 Å². The number of nitro benzene ring substituents is 2. The fourth-order valence-electron chi connectivity index (χ4n) is 2.66. The third-order valence-electron chi connectivity index (χ3n) is 3.95. The van der Waals surface area contributed by atoms with Gasteiger partial charge in [0.05, 0.1) is 26.1 Å². The minimum absolute atomic E-state index is 0.0722. The lowest BCUT2D eigenvalue weighted by molar-refractivity contribution is -0.394. The molecule has 1 heterocycles. The van der Waals surface area contributed by atoms with E-state index in [1.807, 2.05) is 30.3 Å². The van der Waals surface area contributed by atoms with Crippen molar-refractivity contribution in [2.45, 2.75) is 0 Å². The highest BCUT2D eigenvalue weighted by Crippen LogP contribution is 2.36. The number of benzene rings is 3. The summed E-state index contributed by atoms with van der Waals surface area (Å²) in [5, 5.41) is 22.9. The smallest absolute Gasteiger partial charge is 0.318 e. The van der Waals surface area contributed by atoms with E-state index in [4.69, 9.17) is 4.74 Å². The van der Waals surface area contributed by atoms with Gasteiger partial charge in [-0.25, -0.2) is 4.98 Å². The van der Waals surface area contributed by atoms with Crippen molar-refractivity contribution in [3.8, 4) is 22.1 Å². The second kappa shape index (κ2) is 7.05. The molecule has 9 heteroatoms. The maximum absolute atomic E-state index is 11.3. The fourth-order valence-corrected chi connectivity index (χ4v) is 3.63. The molecule has 0 radical (unpaired) electrons. The lowest BCUT2D eigenvalue weighted by Gasteiger charge is -2.07. The number of hydrogen-bond acceptors (Lipinski definition) is 7. The second-order valence-corrected chi connectivity index (χ2v) is 6.81. The number of fused-ring (bicyclic) bond motifs is 1. The zero-order chi connectivity index (χ0) is 19.7. The number of ether oxygens (including phenoxy) is 1. The molecule has 0 atom stereocenters. The third-order valence-corrected chi connectivity index (χ3v) is 5.04. The van der Waals surface area contributed by atoms with Crippen LogP contribution in [0.3, 0.4) is 0 Å². The Kier molecular flexibility index (Phi) is 4.42. The van der Waals surface area contributed by atoms with Gasteiger partial charge < -0.3 is 4.74 Å². The summed E-state index contributed by atoms with van der Waals surface area (Å²) in [7, 11) is 0. The first-order valence-electron chi connectivity index (χ1n) is 8.08. The number of para-hydroxylation sites is 1. The summed E-state index contributed by atoms with van der Waals surface area (Å²) in [5.41, 5.74) is 0.852. The second-order valence-electron chi connectivity index (χ2n) is 5.78. The van der Waals surface area contributed by atoms with Crippen LogP contribution in [0.15, 0.2) is 66.7 Å². The van der Waals surface area contributed by atoms with Crippen molar-refractivity contribution in [3.05, 3.63) is 87.0 Å².